The summed E-state index contributed by atoms with van der Waals surface area (Å²) in [7, 11) is 0. The fourth-order valence-corrected chi connectivity index (χ4v) is 1.66. The number of carbonyl (C=O) groups excluding carboxylic acids is 2. The molecule has 0 fully saturated rings. The number of hydrogen-bond donors (Lipinski definition) is 1. The molecule has 0 saturated carbocycles. The van der Waals surface area contributed by atoms with Crippen LogP contribution in [0.5, 0.6) is 0 Å². The molecule has 0 aromatic carbocycles. The van der Waals surface area contributed by atoms with E-state index in [4.69, 9.17) is 4.74 Å². The monoisotopic (exact) mass is 270 g/mol. The minimum atomic E-state index is -0.760. The second-order valence-electron chi connectivity index (χ2n) is 4.57. The first-order valence-electron chi connectivity index (χ1n) is 7.14. The molecule has 0 aromatic rings. The summed E-state index contributed by atoms with van der Waals surface area (Å²) in [6.45, 7) is 4.17. The molecule has 19 heavy (non-hydrogen) atoms. The molecule has 0 rings (SSSR count). The van der Waals surface area contributed by atoms with Crippen molar-refractivity contribution in [3.8, 4) is 0 Å². The average molecular weight is 270 g/mol. The van der Waals surface area contributed by atoms with E-state index >= 15 is 0 Å². The number of unbranched alkanes of at least 4 members (excludes halogenated alkanes) is 3. The van der Waals surface area contributed by atoms with Crippen molar-refractivity contribution < 1.29 is 19.4 Å². The van der Waals surface area contributed by atoms with Gasteiger partial charge >= 0.3 is 5.97 Å². The average Bonchev–Trinajstić information content (AvgIpc) is 2.39. The summed E-state index contributed by atoms with van der Waals surface area (Å²) in [5, 5.41) is 9.58. The summed E-state index contributed by atoms with van der Waals surface area (Å²) in [5.74, 6) is -0.285. The molecule has 0 heterocycles. The molecule has 1 atom stereocenters. The van der Waals surface area contributed by atoms with Crippen LogP contribution in [0.4, 0.5) is 0 Å². The van der Waals surface area contributed by atoms with Crippen molar-refractivity contribution in [2.24, 2.45) is 0 Å². The Morgan fingerprint density at radius 3 is 2.53 bits per heavy atom. The SMILES string of the molecule is CCCCCCC(=O)CCC(O)C=CC(=O)OCC. The van der Waals surface area contributed by atoms with E-state index < -0.39 is 12.1 Å². The summed E-state index contributed by atoms with van der Waals surface area (Å²) >= 11 is 0. The van der Waals surface area contributed by atoms with Gasteiger partial charge in [-0.05, 0) is 25.8 Å². The molecule has 1 unspecified atom stereocenters. The van der Waals surface area contributed by atoms with Crippen molar-refractivity contribution in [3.63, 3.8) is 0 Å². The number of carbonyl (C=O) groups is 2. The molecule has 0 aliphatic carbocycles. The lowest BCUT2D eigenvalue weighted by molar-refractivity contribution is -0.137. The van der Waals surface area contributed by atoms with Crippen LogP contribution in [0, 0.1) is 0 Å². The van der Waals surface area contributed by atoms with E-state index in [-0.39, 0.29) is 5.78 Å². The third-order valence-corrected chi connectivity index (χ3v) is 2.77. The Labute approximate surface area is 115 Å². The van der Waals surface area contributed by atoms with Crippen molar-refractivity contribution in [2.75, 3.05) is 6.61 Å². The molecule has 1 N–H and O–H groups in total. The number of Topliss-reactive ketones (excluding diaryl/α,β-unsaturated/α-hetero) is 1. The van der Waals surface area contributed by atoms with Gasteiger partial charge in [-0.25, -0.2) is 4.79 Å². The Balaban J connectivity index is 3.68. The van der Waals surface area contributed by atoms with E-state index in [1.807, 2.05) is 0 Å². The van der Waals surface area contributed by atoms with Crippen molar-refractivity contribution in [2.45, 2.75) is 64.9 Å². The van der Waals surface area contributed by atoms with Crippen LogP contribution in [-0.4, -0.2) is 29.6 Å². The first kappa shape index (κ1) is 17.8. The number of esters is 1. The van der Waals surface area contributed by atoms with E-state index in [9.17, 15) is 14.7 Å². The van der Waals surface area contributed by atoms with Crippen molar-refractivity contribution in [1.29, 1.82) is 0 Å². The van der Waals surface area contributed by atoms with Crippen molar-refractivity contribution in [3.05, 3.63) is 12.2 Å². The van der Waals surface area contributed by atoms with Crippen LogP contribution in [-0.2, 0) is 14.3 Å². The van der Waals surface area contributed by atoms with Crippen LogP contribution in [0.1, 0.15) is 58.8 Å². The third-order valence-electron chi connectivity index (χ3n) is 2.77. The van der Waals surface area contributed by atoms with Gasteiger partial charge in [0.05, 0.1) is 12.7 Å². The summed E-state index contributed by atoms with van der Waals surface area (Å²) in [6, 6.07) is 0. The number of hydrogen-bond acceptors (Lipinski definition) is 4. The lowest BCUT2D eigenvalue weighted by Crippen LogP contribution is -2.08. The first-order valence-corrected chi connectivity index (χ1v) is 7.14. The number of ether oxygens (including phenoxy) is 1. The molecule has 0 bridgehead atoms. The van der Waals surface area contributed by atoms with E-state index in [1.165, 1.54) is 12.2 Å². The van der Waals surface area contributed by atoms with Crippen LogP contribution in [0.25, 0.3) is 0 Å². The maximum absolute atomic E-state index is 11.5. The lowest BCUT2D eigenvalue weighted by atomic mass is 10.0. The summed E-state index contributed by atoms with van der Waals surface area (Å²) < 4.78 is 4.69. The van der Waals surface area contributed by atoms with Gasteiger partial charge in [0.2, 0.25) is 0 Å². The Kier molecular flexibility index (Phi) is 11.2. The largest absolute Gasteiger partial charge is 0.463 e. The van der Waals surface area contributed by atoms with Gasteiger partial charge in [-0.3, -0.25) is 4.79 Å². The molecule has 0 amide bonds. The van der Waals surface area contributed by atoms with Crippen LogP contribution < -0.4 is 0 Å². The minimum Gasteiger partial charge on any atom is -0.463 e. The predicted octanol–water partition coefficient (Wildman–Crippen LogP) is 2.79. The smallest absolute Gasteiger partial charge is 0.330 e. The zero-order chi connectivity index (χ0) is 14.5. The highest BCUT2D eigenvalue weighted by atomic mass is 16.5. The van der Waals surface area contributed by atoms with Gasteiger partial charge in [0.15, 0.2) is 0 Å². The Bertz CT molecular complexity index is 284. The van der Waals surface area contributed by atoms with Gasteiger partial charge in [0.25, 0.3) is 0 Å². The molecule has 0 aliphatic rings. The van der Waals surface area contributed by atoms with Gasteiger partial charge in [-0.2, -0.15) is 0 Å². The van der Waals surface area contributed by atoms with E-state index in [2.05, 4.69) is 6.92 Å². The van der Waals surface area contributed by atoms with Crippen LogP contribution in [0.2, 0.25) is 0 Å². The maximum Gasteiger partial charge on any atom is 0.330 e. The Morgan fingerprint density at radius 2 is 1.89 bits per heavy atom. The third kappa shape index (κ3) is 11.7. The Hall–Kier alpha value is -1.16. The molecule has 0 aliphatic heterocycles. The lowest BCUT2D eigenvalue weighted by Gasteiger charge is -2.05. The van der Waals surface area contributed by atoms with Gasteiger partial charge in [-0.15, -0.1) is 0 Å². The van der Waals surface area contributed by atoms with Crippen molar-refractivity contribution in [1.82, 2.24) is 0 Å². The van der Waals surface area contributed by atoms with Crippen molar-refractivity contribution >= 4 is 11.8 Å². The second kappa shape index (κ2) is 11.9. The molecular formula is C15H26O4. The van der Waals surface area contributed by atoms with E-state index in [0.29, 0.717) is 25.9 Å². The molecule has 4 nitrogen and oxygen atoms in total. The number of rotatable bonds is 11. The van der Waals surface area contributed by atoms with Crippen LogP contribution >= 0.6 is 0 Å². The van der Waals surface area contributed by atoms with Gasteiger partial charge < -0.3 is 9.84 Å². The summed E-state index contributed by atoms with van der Waals surface area (Å²) in [6.07, 6.45) is 7.49. The molecule has 0 saturated heterocycles. The maximum atomic E-state index is 11.5. The number of ketones is 1. The molecule has 0 radical (unpaired) electrons. The fraction of sp³-hybridized carbons (Fsp3) is 0.733. The van der Waals surface area contributed by atoms with Gasteiger partial charge in [0, 0.05) is 18.9 Å². The normalized spacial score (nSPS) is 12.6. The zero-order valence-electron chi connectivity index (χ0n) is 12.1. The molecule has 110 valence electrons. The highest BCUT2D eigenvalue weighted by Gasteiger charge is 2.06. The molecule has 4 heteroatoms. The quantitative estimate of drug-likeness (QED) is 0.356. The topological polar surface area (TPSA) is 63.6 Å². The summed E-state index contributed by atoms with van der Waals surface area (Å²) in [5.41, 5.74) is 0. The second-order valence-corrected chi connectivity index (χ2v) is 4.57. The predicted molar refractivity (Wildman–Crippen MR) is 74.8 cm³/mol. The molecule has 0 spiro atoms. The standard InChI is InChI=1S/C15H26O4/c1-3-5-6-7-8-13(16)9-10-14(17)11-12-15(18)19-4-2/h11-12,14,17H,3-10H2,1-2H3. The number of aliphatic hydroxyl groups is 1. The minimum absolute atomic E-state index is 0.180. The van der Waals surface area contributed by atoms with E-state index in [0.717, 1.165) is 25.7 Å². The number of aliphatic hydroxyl groups excluding tert-OH is 1. The van der Waals surface area contributed by atoms with Crippen LogP contribution in [0.15, 0.2) is 12.2 Å². The van der Waals surface area contributed by atoms with E-state index in [1.54, 1.807) is 6.92 Å². The Morgan fingerprint density at radius 1 is 1.16 bits per heavy atom. The highest BCUT2D eigenvalue weighted by Crippen LogP contribution is 2.07. The first-order chi connectivity index (χ1) is 9.10. The van der Waals surface area contributed by atoms with Gasteiger partial charge in [-0.1, -0.05) is 26.2 Å². The van der Waals surface area contributed by atoms with Gasteiger partial charge in [0.1, 0.15) is 5.78 Å². The fourth-order valence-electron chi connectivity index (χ4n) is 1.66. The summed E-state index contributed by atoms with van der Waals surface area (Å²) in [4.78, 5) is 22.5. The molecule has 0 aromatic heterocycles. The highest BCUT2D eigenvalue weighted by molar-refractivity contribution is 5.82. The molecular weight excluding hydrogens is 244 g/mol. The zero-order valence-corrected chi connectivity index (χ0v) is 12.1. The van der Waals surface area contributed by atoms with Crippen LogP contribution in [0.3, 0.4) is 0 Å².